The van der Waals surface area contributed by atoms with Gasteiger partial charge in [-0.15, -0.1) is 5.10 Å². The summed E-state index contributed by atoms with van der Waals surface area (Å²) in [6, 6.07) is 11.2. The van der Waals surface area contributed by atoms with Crippen molar-refractivity contribution < 1.29 is 14.3 Å². The Labute approximate surface area is 222 Å². The Morgan fingerprint density at radius 2 is 1.95 bits per heavy atom. The number of methoxy groups -OCH3 is 1. The first-order valence-corrected chi connectivity index (χ1v) is 13.6. The topological polar surface area (TPSA) is 90.3 Å². The Morgan fingerprint density at radius 1 is 1.14 bits per heavy atom. The van der Waals surface area contributed by atoms with Crippen molar-refractivity contribution in [2.45, 2.75) is 58.7 Å². The molecule has 1 aliphatic heterocycles. The van der Waals surface area contributed by atoms with E-state index >= 15 is 0 Å². The molecular formula is C28H35N5O3S. The number of rotatable bonds is 10. The minimum absolute atomic E-state index is 0.196. The van der Waals surface area contributed by atoms with Gasteiger partial charge in [-0.1, -0.05) is 43.8 Å². The van der Waals surface area contributed by atoms with E-state index in [1.54, 1.807) is 23.6 Å². The van der Waals surface area contributed by atoms with Crippen molar-refractivity contribution in [1.29, 1.82) is 0 Å². The Hall–Kier alpha value is -3.46. The molecule has 0 bridgehead atoms. The number of benzene rings is 2. The molecule has 1 amide bonds. The van der Waals surface area contributed by atoms with Gasteiger partial charge in [-0.25, -0.2) is 4.68 Å². The Bertz CT molecular complexity index is 1320. The number of amides is 1. The molecule has 3 aromatic rings. The van der Waals surface area contributed by atoms with Crippen molar-refractivity contribution in [3.05, 3.63) is 64.4 Å². The highest BCUT2D eigenvalue weighted by Crippen LogP contribution is 2.40. The predicted octanol–water partition coefficient (Wildman–Crippen LogP) is 6.12. The number of nitrogens with one attached hydrogen (secondary N) is 2. The first kappa shape index (κ1) is 26.6. The van der Waals surface area contributed by atoms with E-state index in [0.717, 1.165) is 46.7 Å². The van der Waals surface area contributed by atoms with Crippen LogP contribution in [0.1, 0.15) is 56.3 Å². The minimum atomic E-state index is -0.501. The third kappa shape index (κ3) is 5.61. The van der Waals surface area contributed by atoms with Crippen LogP contribution in [0.2, 0.25) is 0 Å². The molecule has 1 aliphatic rings. The van der Waals surface area contributed by atoms with Crippen LogP contribution in [0.15, 0.2) is 52.8 Å². The molecule has 0 saturated heterocycles. The quantitative estimate of drug-likeness (QED) is 0.311. The van der Waals surface area contributed by atoms with E-state index in [2.05, 4.69) is 24.5 Å². The molecule has 4 rings (SSSR count). The van der Waals surface area contributed by atoms with Crippen LogP contribution < -0.4 is 20.1 Å². The lowest BCUT2D eigenvalue weighted by molar-refractivity contribution is -0.113. The van der Waals surface area contributed by atoms with Gasteiger partial charge in [0.15, 0.2) is 11.5 Å². The molecular weight excluding hydrogens is 486 g/mol. The number of hydrogen-bond donors (Lipinski definition) is 2. The Kier molecular flexibility index (Phi) is 8.43. The number of aryl methyl sites for hydroxylation is 1. The standard InChI is InChI=1S/C28H35N5O3S/c1-7-14-36-22-13-12-20(16-23(22)35-6)25-24(26(34)30-21-11-9-10-17(3)18(21)4)19(5)29-27-31-28(32-33(25)27)37-15-8-2/h9-13,16,25H,7-8,14-15H2,1-6H3,(H,30,34)(H,29,31,32). The van der Waals surface area contributed by atoms with Gasteiger partial charge in [0, 0.05) is 17.1 Å². The lowest BCUT2D eigenvalue weighted by Crippen LogP contribution is -2.31. The van der Waals surface area contributed by atoms with Crippen molar-refractivity contribution in [2.75, 3.05) is 30.1 Å². The molecule has 9 heteroatoms. The second-order valence-electron chi connectivity index (χ2n) is 9.04. The van der Waals surface area contributed by atoms with Crippen LogP contribution in [0.4, 0.5) is 11.6 Å². The number of hydrogen-bond acceptors (Lipinski definition) is 7. The molecule has 0 radical (unpaired) electrons. The lowest BCUT2D eigenvalue weighted by atomic mass is 9.94. The molecule has 1 aromatic heterocycles. The zero-order valence-electron chi connectivity index (χ0n) is 22.3. The summed E-state index contributed by atoms with van der Waals surface area (Å²) in [6.45, 7) is 10.7. The number of nitrogens with zero attached hydrogens (tertiary/aromatic N) is 3. The van der Waals surface area contributed by atoms with Crippen LogP contribution >= 0.6 is 11.8 Å². The summed E-state index contributed by atoms with van der Waals surface area (Å²) < 4.78 is 13.3. The van der Waals surface area contributed by atoms with E-state index in [4.69, 9.17) is 19.6 Å². The van der Waals surface area contributed by atoms with Crippen LogP contribution in [0.25, 0.3) is 0 Å². The maximum Gasteiger partial charge on any atom is 0.255 e. The van der Waals surface area contributed by atoms with Gasteiger partial charge in [0.05, 0.1) is 19.3 Å². The van der Waals surface area contributed by atoms with E-state index in [0.29, 0.717) is 34.8 Å². The van der Waals surface area contributed by atoms with Gasteiger partial charge in [0.2, 0.25) is 11.1 Å². The second-order valence-corrected chi connectivity index (χ2v) is 10.1. The molecule has 2 heterocycles. The smallest absolute Gasteiger partial charge is 0.255 e. The Morgan fingerprint density at radius 3 is 2.68 bits per heavy atom. The number of carbonyl (C=O) groups excluding carboxylic acids is 1. The third-order valence-corrected chi connectivity index (χ3v) is 7.37. The molecule has 8 nitrogen and oxygen atoms in total. The molecule has 0 spiro atoms. The molecule has 0 fully saturated rings. The molecule has 0 saturated carbocycles. The average molecular weight is 522 g/mol. The SMILES string of the molecule is CCCOc1ccc(C2C(C(=O)Nc3cccc(C)c3C)=C(C)Nc3nc(SCCC)nn32)cc1OC. The minimum Gasteiger partial charge on any atom is -0.493 e. The zero-order chi connectivity index (χ0) is 26.5. The fraction of sp³-hybridized carbons (Fsp3) is 0.393. The summed E-state index contributed by atoms with van der Waals surface area (Å²) in [7, 11) is 1.62. The zero-order valence-corrected chi connectivity index (χ0v) is 23.2. The molecule has 2 aromatic carbocycles. The van der Waals surface area contributed by atoms with Crippen molar-refractivity contribution >= 4 is 29.3 Å². The fourth-order valence-electron chi connectivity index (χ4n) is 4.25. The van der Waals surface area contributed by atoms with Crippen molar-refractivity contribution in [2.24, 2.45) is 0 Å². The number of carbonyl (C=O) groups is 1. The Balaban J connectivity index is 1.79. The van der Waals surface area contributed by atoms with Crippen molar-refractivity contribution in [3.8, 4) is 11.5 Å². The van der Waals surface area contributed by atoms with Gasteiger partial charge in [0.1, 0.15) is 6.04 Å². The van der Waals surface area contributed by atoms with Crippen molar-refractivity contribution in [1.82, 2.24) is 14.8 Å². The summed E-state index contributed by atoms with van der Waals surface area (Å²) in [5, 5.41) is 11.9. The molecule has 1 atom stereocenters. The summed E-state index contributed by atoms with van der Waals surface area (Å²) in [5.41, 5.74) is 5.08. The van der Waals surface area contributed by atoms with Gasteiger partial charge in [-0.2, -0.15) is 4.98 Å². The van der Waals surface area contributed by atoms with E-state index in [1.807, 2.05) is 57.2 Å². The van der Waals surface area contributed by atoms with Crippen LogP contribution in [0.3, 0.4) is 0 Å². The van der Waals surface area contributed by atoms with Gasteiger partial charge in [-0.3, -0.25) is 4.79 Å². The first-order valence-electron chi connectivity index (χ1n) is 12.6. The van der Waals surface area contributed by atoms with E-state index < -0.39 is 6.04 Å². The molecule has 2 N–H and O–H groups in total. The van der Waals surface area contributed by atoms with Gasteiger partial charge < -0.3 is 20.1 Å². The number of allylic oxidation sites excluding steroid dienone is 1. The van der Waals surface area contributed by atoms with Gasteiger partial charge in [0.25, 0.3) is 5.91 Å². The van der Waals surface area contributed by atoms with E-state index in [-0.39, 0.29) is 5.91 Å². The highest BCUT2D eigenvalue weighted by atomic mass is 32.2. The van der Waals surface area contributed by atoms with Gasteiger partial charge >= 0.3 is 0 Å². The summed E-state index contributed by atoms with van der Waals surface area (Å²) in [6.07, 6.45) is 1.91. The second kappa shape index (κ2) is 11.7. The third-order valence-electron chi connectivity index (χ3n) is 6.33. The average Bonchev–Trinajstić information content (AvgIpc) is 3.30. The fourth-order valence-corrected chi connectivity index (χ4v) is 4.93. The normalized spacial score (nSPS) is 14.7. The highest BCUT2D eigenvalue weighted by Gasteiger charge is 2.35. The molecule has 0 aliphatic carbocycles. The maximum absolute atomic E-state index is 13.8. The summed E-state index contributed by atoms with van der Waals surface area (Å²) in [5.74, 6) is 2.60. The van der Waals surface area contributed by atoms with Crippen LogP contribution in [0, 0.1) is 13.8 Å². The van der Waals surface area contributed by atoms with E-state index in [9.17, 15) is 4.79 Å². The molecule has 1 unspecified atom stereocenters. The van der Waals surface area contributed by atoms with Crippen LogP contribution in [0.5, 0.6) is 11.5 Å². The molecule has 196 valence electrons. The van der Waals surface area contributed by atoms with Crippen molar-refractivity contribution in [3.63, 3.8) is 0 Å². The number of thioether (sulfide) groups is 1. The predicted molar refractivity (Wildman–Crippen MR) is 149 cm³/mol. The maximum atomic E-state index is 13.8. The van der Waals surface area contributed by atoms with Crippen LogP contribution in [-0.2, 0) is 4.79 Å². The first-order chi connectivity index (χ1) is 17.9. The van der Waals surface area contributed by atoms with E-state index in [1.165, 1.54) is 0 Å². The number of aromatic nitrogens is 3. The van der Waals surface area contributed by atoms with Gasteiger partial charge in [-0.05, 0) is 68.5 Å². The summed E-state index contributed by atoms with van der Waals surface area (Å²) in [4.78, 5) is 18.5. The lowest BCUT2D eigenvalue weighted by Gasteiger charge is -2.29. The molecule has 37 heavy (non-hydrogen) atoms. The number of ether oxygens (including phenoxy) is 2. The highest BCUT2D eigenvalue weighted by molar-refractivity contribution is 7.99. The number of anilines is 2. The largest absolute Gasteiger partial charge is 0.493 e. The number of fused-ring (bicyclic) bond motifs is 1. The monoisotopic (exact) mass is 521 g/mol. The van der Waals surface area contributed by atoms with Crippen LogP contribution in [-0.4, -0.2) is 40.1 Å². The summed E-state index contributed by atoms with van der Waals surface area (Å²) >= 11 is 1.60.